The number of rotatable bonds is 3. The number of thiophene rings is 1. The fourth-order valence-corrected chi connectivity index (χ4v) is 6.68. The van der Waals surface area contributed by atoms with Gasteiger partial charge >= 0.3 is 0 Å². The van der Waals surface area contributed by atoms with Crippen LogP contribution in [0.1, 0.15) is 56.4 Å². The van der Waals surface area contributed by atoms with Gasteiger partial charge in [-0.2, -0.15) is 0 Å². The van der Waals surface area contributed by atoms with Crippen molar-refractivity contribution in [3.8, 4) is 0 Å². The van der Waals surface area contributed by atoms with E-state index in [1.165, 1.54) is 22.2 Å². The quantitative estimate of drug-likeness (QED) is 0.753. The number of aromatic nitrogens is 2. The maximum Gasteiger partial charge on any atom is 0.263 e. The summed E-state index contributed by atoms with van der Waals surface area (Å²) in [4.78, 5) is 32.4. The molecule has 2 aliphatic rings. The minimum absolute atomic E-state index is 0.0366. The van der Waals surface area contributed by atoms with Crippen LogP contribution < -0.4 is 5.56 Å². The van der Waals surface area contributed by atoms with Gasteiger partial charge in [0.25, 0.3) is 5.56 Å². The highest BCUT2D eigenvalue weighted by Gasteiger charge is 2.28. The van der Waals surface area contributed by atoms with E-state index in [0.717, 1.165) is 53.9 Å². The molecule has 2 aliphatic carbocycles. The zero-order valence-corrected chi connectivity index (χ0v) is 16.5. The Hall–Kier alpha value is -1.14. The van der Waals surface area contributed by atoms with Crippen LogP contribution in [0.3, 0.4) is 0 Å². The van der Waals surface area contributed by atoms with Gasteiger partial charge in [0, 0.05) is 17.8 Å². The maximum absolute atomic E-state index is 13.1. The standard InChI is InChI=1S/C19H24N2O2S2/c1-3-21-18(23)16-12-9-8-11(2)10-15(12)24-17(16)20-19(21)25-14-7-5-4-6-13(14)22/h11,14H,3-10H2,1-2H3/t11-,14+/m1/s1. The third-order valence-corrected chi connectivity index (χ3v) is 7.90. The van der Waals surface area contributed by atoms with E-state index in [1.807, 2.05) is 6.92 Å². The average Bonchev–Trinajstić information content (AvgIpc) is 2.94. The molecule has 2 atom stereocenters. The lowest BCUT2D eigenvalue weighted by Gasteiger charge is -2.21. The van der Waals surface area contributed by atoms with E-state index in [9.17, 15) is 9.59 Å². The van der Waals surface area contributed by atoms with Crippen LogP contribution in [-0.2, 0) is 24.2 Å². The van der Waals surface area contributed by atoms with Gasteiger partial charge in [-0.05, 0) is 50.5 Å². The van der Waals surface area contributed by atoms with Crippen molar-refractivity contribution in [2.24, 2.45) is 5.92 Å². The first kappa shape index (κ1) is 17.3. The minimum atomic E-state index is -0.0366. The van der Waals surface area contributed by atoms with Gasteiger partial charge in [-0.1, -0.05) is 25.1 Å². The molecular weight excluding hydrogens is 352 g/mol. The van der Waals surface area contributed by atoms with Gasteiger partial charge in [0.1, 0.15) is 10.6 Å². The second-order valence-electron chi connectivity index (χ2n) is 7.29. The molecular formula is C19H24N2O2S2. The highest BCUT2D eigenvalue weighted by Crippen LogP contribution is 2.37. The minimum Gasteiger partial charge on any atom is -0.298 e. The SMILES string of the molecule is CCn1c(S[C@H]2CCCCC2=O)nc2sc3c(c2c1=O)CC[C@@H](C)C3. The summed E-state index contributed by atoms with van der Waals surface area (Å²) in [6.07, 6.45) is 6.86. The number of hydrogen-bond acceptors (Lipinski definition) is 5. The largest absolute Gasteiger partial charge is 0.298 e. The Morgan fingerprint density at radius 1 is 1.24 bits per heavy atom. The van der Waals surface area contributed by atoms with Crippen molar-refractivity contribution < 1.29 is 4.79 Å². The van der Waals surface area contributed by atoms with Gasteiger partial charge in [0.15, 0.2) is 5.16 Å². The van der Waals surface area contributed by atoms with Crippen molar-refractivity contribution >= 4 is 39.1 Å². The lowest BCUT2D eigenvalue weighted by atomic mass is 9.89. The fraction of sp³-hybridized carbons (Fsp3) is 0.632. The molecule has 0 saturated heterocycles. The molecule has 0 N–H and O–H groups in total. The molecule has 4 rings (SSSR count). The molecule has 0 aromatic carbocycles. The number of ketones is 1. The normalized spacial score (nSPS) is 23.8. The van der Waals surface area contributed by atoms with E-state index in [-0.39, 0.29) is 10.8 Å². The van der Waals surface area contributed by atoms with Crippen LogP contribution in [0.15, 0.2) is 9.95 Å². The van der Waals surface area contributed by atoms with Gasteiger partial charge in [-0.3, -0.25) is 14.2 Å². The predicted molar refractivity (Wildman–Crippen MR) is 104 cm³/mol. The van der Waals surface area contributed by atoms with E-state index in [2.05, 4.69) is 6.92 Å². The molecule has 2 aromatic rings. The number of carbonyl (C=O) groups is 1. The van der Waals surface area contributed by atoms with Crippen LogP contribution in [0, 0.1) is 5.92 Å². The molecule has 1 fully saturated rings. The Morgan fingerprint density at radius 2 is 2.08 bits per heavy atom. The number of Topliss-reactive ketones (excluding diaryl/α,β-unsaturated/α-hetero) is 1. The van der Waals surface area contributed by atoms with Gasteiger partial charge in [0.2, 0.25) is 0 Å². The van der Waals surface area contributed by atoms with Crippen molar-refractivity contribution in [3.05, 3.63) is 20.8 Å². The van der Waals surface area contributed by atoms with Crippen molar-refractivity contribution in [3.63, 3.8) is 0 Å². The third-order valence-electron chi connectivity index (χ3n) is 5.44. The molecule has 25 heavy (non-hydrogen) atoms. The Morgan fingerprint density at radius 3 is 2.84 bits per heavy atom. The number of nitrogens with zero attached hydrogens (tertiary/aromatic N) is 2. The van der Waals surface area contributed by atoms with Crippen LogP contribution in [0.4, 0.5) is 0 Å². The summed E-state index contributed by atoms with van der Waals surface area (Å²) in [6, 6.07) is 0. The smallest absolute Gasteiger partial charge is 0.263 e. The molecule has 2 heterocycles. The zero-order valence-electron chi connectivity index (χ0n) is 14.8. The molecule has 0 unspecified atom stereocenters. The van der Waals surface area contributed by atoms with Crippen molar-refractivity contribution in [1.82, 2.24) is 9.55 Å². The van der Waals surface area contributed by atoms with Crippen LogP contribution in [-0.4, -0.2) is 20.6 Å². The first-order valence-corrected chi connectivity index (χ1v) is 11.0. The first-order chi connectivity index (χ1) is 12.1. The Balaban J connectivity index is 1.80. The molecule has 0 amide bonds. The molecule has 0 spiro atoms. The van der Waals surface area contributed by atoms with E-state index in [1.54, 1.807) is 15.9 Å². The third kappa shape index (κ3) is 3.08. The van der Waals surface area contributed by atoms with E-state index in [0.29, 0.717) is 24.7 Å². The highest BCUT2D eigenvalue weighted by atomic mass is 32.2. The Labute approximate surface area is 156 Å². The second kappa shape index (κ2) is 6.88. The molecule has 4 nitrogen and oxygen atoms in total. The number of carbonyl (C=O) groups excluding carboxylic acids is 1. The number of fused-ring (bicyclic) bond motifs is 3. The molecule has 134 valence electrons. The zero-order chi connectivity index (χ0) is 17.6. The summed E-state index contributed by atoms with van der Waals surface area (Å²) in [6.45, 7) is 4.87. The predicted octanol–water partition coefficient (Wildman–Crippen LogP) is 4.21. The summed E-state index contributed by atoms with van der Waals surface area (Å²) in [5.74, 6) is 0.996. The van der Waals surface area contributed by atoms with Gasteiger partial charge in [-0.15, -0.1) is 11.3 Å². The molecule has 6 heteroatoms. The van der Waals surface area contributed by atoms with Crippen LogP contribution in [0.5, 0.6) is 0 Å². The molecule has 0 radical (unpaired) electrons. The average molecular weight is 377 g/mol. The van der Waals surface area contributed by atoms with Crippen LogP contribution in [0.2, 0.25) is 0 Å². The van der Waals surface area contributed by atoms with Gasteiger partial charge in [0.05, 0.1) is 10.6 Å². The summed E-state index contributed by atoms with van der Waals surface area (Å²) < 4.78 is 1.78. The molecule has 0 bridgehead atoms. The number of hydrogen-bond donors (Lipinski definition) is 0. The molecule has 0 aliphatic heterocycles. The number of thioether (sulfide) groups is 1. The van der Waals surface area contributed by atoms with Crippen LogP contribution >= 0.6 is 23.1 Å². The lowest BCUT2D eigenvalue weighted by Crippen LogP contribution is -2.26. The first-order valence-electron chi connectivity index (χ1n) is 9.33. The summed E-state index contributed by atoms with van der Waals surface area (Å²) in [5.41, 5.74) is 1.33. The second-order valence-corrected chi connectivity index (χ2v) is 9.55. The highest BCUT2D eigenvalue weighted by molar-refractivity contribution is 8.00. The molecule has 2 aromatic heterocycles. The Kier molecular flexibility index (Phi) is 4.75. The monoisotopic (exact) mass is 376 g/mol. The summed E-state index contributed by atoms with van der Waals surface area (Å²) >= 11 is 3.20. The van der Waals surface area contributed by atoms with Gasteiger partial charge in [-0.25, -0.2) is 4.98 Å². The fourth-order valence-electron chi connectivity index (χ4n) is 3.98. The summed E-state index contributed by atoms with van der Waals surface area (Å²) in [5, 5.41) is 1.53. The Bertz CT molecular complexity index is 884. The topological polar surface area (TPSA) is 52.0 Å². The number of aryl methyl sites for hydroxylation is 1. The lowest BCUT2D eigenvalue weighted by molar-refractivity contribution is -0.119. The maximum atomic E-state index is 13.1. The van der Waals surface area contributed by atoms with Crippen molar-refractivity contribution in [1.29, 1.82) is 0 Å². The van der Waals surface area contributed by atoms with E-state index < -0.39 is 0 Å². The molecule has 1 saturated carbocycles. The van der Waals surface area contributed by atoms with Crippen LogP contribution in [0.25, 0.3) is 10.2 Å². The van der Waals surface area contributed by atoms with Gasteiger partial charge < -0.3 is 0 Å². The summed E-state index contributed by atoms with van der Waals surface area (Å²) in [7, 11) is 0. The van der Waals surface area contributed by atoms with E-state index >= 15 is 0 Å². The van der Waals surface area contributed by atoms with E-state index in [4.69, 9.17) is 4.98 Å². The van der Waals surface area contributed by atoms with Crippen molar-refractivity contribution in [2.75, 3.05) is 0 Å². The van der Waals surface area contributed by atoms with Crippen molar-refractivity contribution in [2.45, 2.75) is 75.7 Å².